The van der Waals surface area contributed by atoms with E-state index in [1.165, 1.54) is 6.07 Å². The second kappa shape index (κ2) is 5.63. The highest BCUT2D eigenvalue weighted by molar-refractivity contribution is 5.96. The quantitative estimate of drug-likeness (QED) is 0.889. The number of nitrogens with one attached hydrogen (secondary N) is 1. The molecule has 1 saturated heterocycles. The van der Waals surface area contributed by atoms with Gasteiger partial charge in [0.05, 0.1) is 24.2 Å². The molecule has 1 heterocycles. The SMILES string of the molecule is Cc1cc(NC(=O)C2COC(C)C2)cc(C(=O)O)c1C. The van der Waals surface area contributed by atoms with Gasteiger partial charge in [-0.2, -0.15) is 0 Å². The summed E-state index contributed by atoms with van der Waals surface area (Å²) < 4.78 is 5.37. The van der Waals surface area contributed by atoms with Crippen molar-refractivity contribution in [2.24, 2.45) is 5.92 Å². The molecule has 0 saturated carbocycles. The number of anilines is 1. The highest BCUT2D eigenvalue weighted by Gasteiger charge is 2.28. The van der Waals surface area contributed by atoms with Gasteiger partial charge in [0.15, 0.2) is 0 Å². The first-order chi connectivity index (χ1) is 9.38. The van der Waals surface area contributed by atoms with Crippen molar-refractivity contribution in [3.05, 3.63) is 28.8 Å². The Bertz CT molecular complexity index is 553. The number of carboxylic acid groups (broad SMARTS) is 1. The minimum absolute atomic E-state index is 0.0973. The fourth-order valence-corrected chi connectivity index (χ4v) is 2.40. The normalized spacial score (nSPS) is 21.8. The van der Waals surface area contributed by atoms with Crippen LogP contribution in [0.15, 0.2) is 12.1 Å². The number of carbonyl (C=O) groups excluding carboxylic acids is 1. The highest BCUT2D eigenvalue weighted by atomic mass is 16.5. The number of rotatable bonds is 3. The maximum Gasteiger partial charge on any atom is 0.336 e. The first kappa shape index (κ1) is 14.5. The van der Waals surface area contributed by atoms with Crippen molar-refractivity contribution in [2.45, 2.75) is 33.3 Å². The maximum atomic E-state index is 12.1. The van der Waals surface area contributed by atoms with E-state index in [1.54, 1.807) is 13.0 Å². The van der Waals surface area contributed by atoms with Gasteiger partial charge in [-0.25, -0.2) is 4.79 Å². The molecule has 1 aromatic rings. The molecule has 0 spiro atoms. The standard InChI is InChI=1S/C15H19NO4/c1-8-4-12(6-13(10(8)3)15(18)19)16-14(17)11-5-9(2)20-7-11/h4,6,9,11H,5,7H2,1-3H3,(H,16,17)(H,18,19). The topological polar surface area (TPSA) is 75.6 Å². The van der Waals surface area contributed by atoms with Crippen LogP contribution in [0.2, 0.25) is 0 Å². The largest absolute Gasteiger partial charge is 0.478 e. The van der Waals surface area contributed by atoms with E-state index in [2.05, 4.69) is 5.32 Å². The lowest BCUT2D eigenvalue weighted by atomic mass is 10.0. The first-order valence-corrected chi connectivity index (χ1v) is 6.65. The molecule has 1 aromatic carbocycles. The third-order valence-electron chi connectivity index (χ3n) is 3.73. The van der Waals surface area contributed by atoms with E-state index in [9.17, 15) is 9.59 Å². The minimum atomic E-state index is -0.987. The zero-order valence-corrected chi connectivity index (χ0v) is 11.9. The van der Waals surface area contributed by atoms with Gasteiger partial charge in [0.1, 0.15) is 0 Å². The van der Waals surface area contributed by atoms with Crippen LogP contribution in [0.4, 0.5) is 5.69 Å². The van der Waals surface area contributed by atoms with Crippen LogP contribution in [0.3, 0.4) is 0 Å². The number of aromatic carboxylic acids is 1. The zero-order chi connectivity index (χ0) is 14.9. The van der Waals surface area contributed by atoms with Crippen molar-refractivity contribution in [1.82, 2.24) is 0 Å². The Morgan fingerprint density at radius 2 is 2.05 bits per heavy atom. The van der Waals surface area contributed by atoms with E-state index in [0.29, 0.717) is 24.3 Å². The molecule has 0 aromatic heterocycles. The van der Waals surface area contributed by atoms with Gasteiger partial charge >= 0.3 is 5.97 Å². The smallest absolute Gasteiger partial charge is 0.336 e. The number of carboxylic acids is 1. The summed E-state index contributed by atoms with van der Waals surface area (Å²) in [6, 6.07) is 3.29. The molecule has 5 heteroatoms. The molecule has 108 valence electrons. The highest BCUT2D eigenvalue weighted by Crippen LogP contribution is 2.23. The molecular formula is C15H19NO4. The molecule has 1 amide bonds. The summed E-state index contributed by atoms with van der Waals surface area (Å²) in [5.41, 5.74) is 2.30. The van der Waals surface area contributed by atoms with Crippen LogP contribution in [-0.4, -0.2) is 29.7 Å². The molecule has 2 rings (SSSR count). The number of carbonyl (C=O) groups is 2. The van der Waals surface area contributed by atoms with E-state index in [4.69, 9.17) is 9.84 Å². The Labute approximate surface area is 117 Å². The Morgan fingerprint density at radius 3 is 2.60 bits per heavy atom. The van der Waals surface area contributed by atoms with E-state index in [0.717, 1.165) is 5.56 Å². The fourth-order valence-electron chi connectivity index (χ4n) is 2.40. The predicted octanol–water partition coefficient (Wildman–Crippen LogP) is 2.37. The van der Waals surface area contributed by atoms with Gasteiger partial charge in [0.2, 0.25) is 5.91 Å². The van der Waals surface area contributed by atoms with Gasteiger partial charge in [0.25, 0.3) is 0 Å². The first-order valence-electron chi connectivity index (χ1n) is 6.65. The Balaban J connectivity index is 2.17. The average molecular weight is 277 g/mol. The molecule has 1 aliphatic heterocycles. The van der Waals surface area contributed by atoms with Crippen molar-refractivity contribution >= 4 is 17.6 Å². The van der Waals surface area contributed by atoms with E-state index in [-0.39, 0.29) is 23.5 Å². The number of benzene rings is 1. The van der Waals surface area contributed by atoms with Gasteiger partial charge in [0, 0.05) is 5.69 Å². The van der Waals surface area contributed by atoms with Crippen LogP contribution in [-0.2, 0) is 9.53 Å². The van der Waals surface area contributed by atoms with Crippen LogP contribution >= 0.6 is 0 Å². The predicted molar refractivity (Wildman–Crippen MR) is 75.0 cm³/mol. The lowest BCUT2D eigenvalue weighted by molar-refractivity contribution is -0.119. The van der Waals surface area contributed by atoms with E-state index in [1.807, 2.05) is 13.8 Å². The van der Waals surface area contributed by atoms with Crippen LogP contribution in [0.1, 0.15) is 34.8 Å². The molecular weight excluding hydrogens is 258 g/mol. The Morgan fingerprint density at radius 1 is 1.35 bits per heavy atom. The molecule has 2 unspecified atom stereocenters. The number of hydrogen-bond acceptors (Lipinski definition) is 3. The van der Waals surface area contributed by atoms with Crippen molar-refractivity contribution in [3.8, 4) is 0 Å². The van der Waals surface area contributed by atoms with Gasteiger partial charge in [-0.05, 0) is 50.5 Å². The number of amides is 1. The van der Waals surface area contributed by atoms with E-state index < -0.39 is 5.97 Å². The summed E-state index contributed by atoms with van der Waals surface area (Å²) >= 11 is 0. The van der Waals surface area contributed by atoms with E-state index >= 15 is 0 Å². The molecule has 20 heavy (non-hydrogen) atoms. The third kappa shape index (κ3) is 2.99. The monoisotopic (exact) mass is 277 g/mol. The Kier molecular flexibility index (Phi) is 4.09. The average Bonchev–Trinajstić information content (AvgIpc) is 2.80. The maximum absolute atomic E-state index is 12.1. The number of hydrogen-bond donors (Lipinski definition) is 2. The van der Waals surface area contributed by atoms with Gasteiger partial charge in [-0.1, -0.05) is 0 Å². The lowest BCUT2D eigenvalue weighted by Crippen LogP contribution is -2.23. The van der Waals surface area contributed by atoms with Crippen LogP contribution in [0.5, 0.6) is 0 Å². The molecule has 5 nitrogen and oxygen atoms in total. The van der Waals surface area contributed by atoms with Crippen LogP contribution < -0.4 is 5.32 Å². The molecule has 2 N–H and O–H groups in total. The van der Waals surface area contributed by atoms with Crippen molar-refractivity contribution in [1.29, 1.82) is 0 Å². The Hall–Kier alpha value is -1.88. The van der Waals surface area contributed by atoms with Gasteiger partial charge in [-0.15, -0.1) is 0 Å². The van der Waals surface area contributed by atoms with Gasteiger partial charge < -0.3 is 15.2 Å². The summed E-state index contributed by atoms with van der Waals surface area (Å²) in [5.74, 6) is -1.27. The second-order valence-corrected chi connectivity index (χ2v) is 5.34. The molecule has 0 radical (unpaired) electrons. The fraction of sp³-hybridized carbons (Fsp3) is 0.467. The van der Waals surface area contributed by atoms with Crippen LogP contribution in [0, 0.1) is 19.8 Å². The van der Waals surface area contributed by atoms with Crippen molar-refractivity contribution < 1.29 is 19.4 Å². The summed E-state index contributed by atoms with van der Waals surface area (Å²) in [6.45, 7) is 5.95. The minimum Gasteiger partial charge on any atom is -0.478 e. The third-order valence-corrected chi connectivity index (χ3v) is 3.73. The van der Waals surface area contributed by atoms with Crippen molar-refractivity contribution in [2.75, 3.05) is 11.9 Å². The second-order valence-electron chi connectivity index (χ2n) is 5.34. The summed E-state index contributed by atoms with van der Waals surface area (Å²) in [7, 11) is 0. The summed E-state index contributed by atoms with van der Waals surface area (Å²) in [6.07, 6.45) is 0.794. The molecule has 2 atom stereocenters. The number of ether oxygens (including phenoxy) is 1. The van der Waals surface area contributed by atoms with Crippen molar-refractivity contribution in [3.63, 3.8) is 0 Å². The molecule has 0 aliphatic carbocycles. The lowest BCUT2D eigenvalue weighted by Gasteiger charge is -2.13. The zero-order valence-electron chi connectivity index (χ0n) is 11.9. The number of aryl methyl sites for hydroxylation is 1. The molecule has 0 bridgehead atoms. The molecule has 1 aliphatic rings. The molecule has 1 fully saturated rings. The van der Waals surface area contributed by atoms with Gasteiger partial charge in [-0.3, -0.25) is 4.79 Å². The van der Waals surface area contributed by atoms with Crippen LogP contribution in [0.25, 0.3) is 0 Å². The summed E-state index contributed by atoms with van der Waals surface area (Å²) in [5, 5.41) is 11.9. The summed E-state index contributed by atoms with van der Waals surface area (Å²) in [4.78, 5) is 23.3.